The highest BCUT2D eigenvalue weighted by molar-refractivity contribution is 7.79. The highest BCUT2D eigenvalue weighted by atomic mass is 32.2. The number of nitrogen functional groups attached to an aromatic ring is 2. The average Bonchev–Trinajstić information content (AvgIpc) is 2.89. The molecule has 12 heteroatoms. The van der Waals surface area contributed by atoms with Crippen LogP contribution in [0.5, 0.6) is 11.5 Å². The first-order valence-electron chi connectivity index (χ1n) is 10.9. The molecule has 0 spiro atoms. The van der Waals surface area contributed by atoms with E-state index in [1.165, 1.54) is 25.3 Å². The summed E-state index contributed by atoms with van der Waals surface area (Å²) in [5.41, 5.74) is 15.0. The Labute approximate surface area is 214 Å². The molecular formula is C25H23N5O6S. The summed E-state index contributed by atoms with van der Waals surface area (Å²) in [4.78, 5) is 18.7. The summed E-state index contributed by atoms with van der Waals surface area (Å²) in [7, 11) is 1.53. The Kier molecular flexibility index (Phi) is 7.60. The van der Waals surface area contributed by atoms with Crippen molar-refractivity contribution < 1.29 is 23.2 Å². The lowest BCUT2D eigenvalue weighted by molar-refractivity contribution is -0.384. The molecule has 11 nitrogen and oxygen atoms in total. The lowest BCUT2D eigenvalue weighted by Crippen LogP contribution is -2.05. The number of rotatable bonds is 9. The predicted octanol–water partition coefficient (Wildman–Crippen LogP) is 3.98. The summed E-state index contributed by atoms with van der Waals surface area (Å²) in [5, 5.41) is 11.0. The van der Waals surface area contributed by atoms with Crippen LogP contribution in [0.2, 0.25) is 0 Å². The molecule has 0 bridgehead atoms. The summed E-state index contributed by atoms with van der Waals surface area (Å²) < 4.78 is 32.8. The van der Waals surface area contributed by atoms with Crippen LogP contribution in [0.1, 0.15) is 16.7 Å². The van der Waals surface area contributed by atoms with E-state index in [-0.39, 0.29) is 23.1 Å². The van der Waals surface area contributed by atoms with E-state index in [0.29, 0.717) is 46.0 Å². The molecule has 0 aliphatic carbocycles. The number of nitro benzene ring substituents is 1. The van der Waals surface area contributed by atoms with Crippen LogP contribution in [0.3, 0.4) is 0 Å². The molecule has 0 fully saturated rings. The topological polar surface area (TPSA) is 177 Å². The van der Waals surface area contributed by atoms with Gasteiger partial charge in [0, 0.05) is 30.3 Å². The standard InChI is InChI=1S/C25H23N5O6S/c1-35-22-9-2-15(10-18-13-28-25(27)29-24(18)26)11-23(22)36-14-17-5-8-20(37(33)34)12-21(17)16-3-6-19(7-4-16)30(31)32/h2-9,11-13H,10,14H2,1H3,(H,33,34)(H4,26,27,28,29). The zero-order chi connectivity index (χ0) is 26.5. The van der Waals surface area contributed by atoms with Crippen LogP contribution in [0.15, 0.2) is 71.8 Å². The van der Waals surface area contributed by atoms with Crippen molar-refractivity contribution >= 4 is 28.5 Å². The Morgan fingerprint density at radius 1 is 1.03 bits per heavy atom. The number of methoxy groups -OCH3 is 1. The van der Waals surface area contributed by atoms with Gasteiger partial charge in [0.05, 0.1) is 16.9 Å². The third-order valence-corrected chi connectivity index (χ3v) is 6.25. The summed E-state index contributed by atoms with van der Waals surface area (Å²) in [5.74, 6) is 1.37. The van der Waals surface area contributed by atoms with Crippen molar-refractivity contribution in [3.05, 3.63) is 93.7 Å². The van der Waals surface area contributed by atoms with Crippen molar-refractivity contribution in [2.45, 2.75) is 17.9 Å². The zero-order valence-corrected chi connectivity index (χ0v) is 20.5. The van der Waals surface area contributed by atoms with Gasteiger partial charge >= 0.3 is 0 Å². The van der Waals surface area contributed by atoms with Gasteiger partial charge in [-0.15, -0.1) is 0 Å². The molecule has 1 atom stereocenters. The first kappa shape index (κ1) is 25.5. The van der Waals surface area contributed by atoms with E-state index in [4.69, 9.17) is 20.9 Å². The average molecular weight is 522 g/mol. The number of nitrogens with zero attached hydrogens (tertiary/aromatic N) is 3. The van der Waals surface area contributed by atoms with E-state index in [1.807, 2.05) is 12.1 Å². The maximum Gasteiger partial charge on any atom is 0.269 e. The number of hydrogen-bond donors (Lipinski definition) is 3. The van der Waals surface area contributed by atoms with Crippen LogP contribution < -0.4 is 20.9 Å². The van der Waals surface area contributed by atoms with Crippen LogP contribution in [0.4, 0.5) is 17.5 Å². The number of aromatic nitrogens is 2. The molecule has 37 heavy (non-hydrogen) atoms. The van der Waals surface area contributed by atoms with Crippen molar-refractivity contribution in [3.8, 4) is 22.6 Å². The van der Waals surface area contributed by atoms with Crippen LogP contribution in [0, 0.1) is 10.1 Å². The lowest BCUT2D eigenvalue weighted by Gasteiger charge is -2.15. The van der Waals surface area contributed by atoms with Crippen molar-refractivity contribution in [1.82, 2.24) is 9.97 Å². The van der Waals surface area contributed by atoms with Crippen molar-refractivity contribution in [2.75, 3.05) is 18.6 Å². The molecule has 0 aliphatic heterocycles. The van der Waals surface area contributed by atoms with Gasteiger partial charge in [-0.05, 0) is 58.7 Å². The van der Waals surface area contributed by atoms with Gasteiger partial charge in [-0.1, -0.05) is 12.1 Å². The number of anilines is 2. The first-order valence-corrected chi connectivity index (χ1v) is 12.0. The number of non-ortho nitro benzene ring substituents is 1. The number of nitrogens with two attached hydrogens (primary N) is 2. The SMILES string of the molecule is COc1ccc(Cc2cnc(N)nc2N)cc1OCc1ccc(S(=O)O)cc1-c1ccc([N+](=O)[O-])cc1. The summed E-state index contributed by atoms with van der Waals surface area (Å²) in [6.45, 7) is 0.0948. The van der Waals surface area contributed by atoms with E-state index in [9.17, 15) is 18.9 Å². The summed E-state index contributed by atoms with van der Waals surface area (Å²) in [6, 6.07) is 16.2. The van der Waals surface area contributed by atoms with Gasteiger partial charge in [0.25, 0.3) is 5.69 Å². The number of hydrogen-bond acceptors (Lipinski definition) is 9. The number of ether oxygens (including phenoxy) is 2. The molecule has 3 aromatic carbocycles. The molecular weight excluding hydrogens is 498 g/mol. The predicted molar refractivity (Wildman–Crippen MR) is 139 cm³/mol. The highest BCUT2D eigenvalue weighted by Crippen LogP contribution is 2.33. The van der Waals surface area contributed by atoms with Gasteiger partial charge in [-0.25, -0.2) is 9.19 Å². The molecule has 1 unspecified atom stereocenters. The summed E-state index contributed by atoms with van der Waals surface area (Å²) in [6.07, 6.45) is 2.02. The highest BCUT2D eigenvalue weighted by Gasteiger charge is 2.14. The summed E-state index contributed by atoms with van der Waals surface area (Å²) >= 11 is -2.20. The minimum Gasteiger partial charge on any atom is -0.493 e. The zero-order valence-electron chi connectivity index (χ0n) is 19.7. The molecule has 0 amide bonds. The molecule has 4 rings (SSSR count). The van der Waals surface area contributed by atoms with Crippen molar-refractivity contribution in [1.29, 1.82) is 0 Å². The molecule has 5 N–H and O–H groups in total. The normalized spacial score (nSPS) is 11.6. The van der Waals surface area contributed by atoms with E-state index >= 15 is 0 Å². The third-order valence-electron chi connectivity index (χ3n) is 5.59. The lowest BCUT2D eigenvalue weighted by atomic mass is 10.00. The van der Waals surface area contributed by atoms with Gasteiger partial charge in [0.1, 0.15) is 12.4 Å². The Morgan fingerprint density at radius 3 is 2.43 bits per heavy atom. The molecule has 1 heterocycles. The van der Waals surface area contributed by atoms with Crippen LogP contribution in [0.25, 0.3) is 11.1 Å². The van der Waals surface area contributed by atoms with E-state index in [1.54, 1.807) is 36.5 Å². The molecule has 1 aromatic heterocycles. The maximum absolute atomic E-state index is 11.7. The van der Waals surface area contributed by atoms with E-state index in [0.717, 1.165) is 5.56 Å². The third kappa shape index (κ3) is 6.00. The molecule has 0 saturated carbocycles. The molecule has 190 valence electrons. The largest absolute Gasteiger partial charge is 0.493 e. The van der Waals surface area contributed by atoms with Gasteiger partial charge in [-0.2, -0.15) is 4.98 Å². The quantitative estimate of drug-likeness (QED) is 0.166. The molecule has 0 radical (unpaired) electrons. The van der Waals surface area contributed by atoms with Crippen molar-refractivity contribution in [3.63, 3.8) is 0 Å². The fourth-order valence-corrected chi connectivity index (χ4v) is 4.11. The van der Waals surface area contributed by atoms with Gasteiger partial charge < -0.3 is 25.5 Å². The number of benzene rings is 3. The van der Waals surface area contributed by atoms with E-state index < -0.39 is 16.0 Å². The Hall–Kier alpha value is -4.55. The van der Waals surface area contributed by atoms with Gasteiger partial charge in [0.15, 0.2) is 22.6 Å². The van der Waals surface area contributed by atoms with E-state index in [2.05, 4.69) is 9.97 Å². The second-order valence-corrected chi connectivity index (χ2v) is 8.93. The number of nitro groups is 1. The smallest absolute Gasteiger partial charge is 0.269 e. The molecule has 4 aromatic rings. The second kappa shape index (κ2) is 11.0. The van der Waals surface area contributed by atoms with Crippen molar-refractivity contribution in [2.24, 2.45) is 0 Å². The molecule has 0 aliphatic rings. The van der Waals surface area contributed by atoms with Crippen LogP contribution in [-0.2, 0) is 24.1 Å². The Bertz CT molecular complexity index is 1480. The fraction of sp³-hybridized carbons (Fsp3) is 0.120. The maximum atomic E-state index is 11.7. The second-order valence-electron chi connectivity index (χ2n) is 7.96. The Morgan fingerprint density at radius 2 is 1.78 bits per heavy atom. The Balaban J connectivity index is 1.63. The first-order chi connectivity index (χ1) is 17.7. The minimum atomic E-state index is -2.20. The monoisotopic (exact) mass is 521 g/mol. The van der Waals surface area contributed by atoms with Gasteiger partial charge in [-0.3, -0.25) is 10.1 Å². The van der Waals surface area contributed by atoms with Crippen LogP contribution >= 0.6 is 0 Å². The van der Waals surface area contributed by atoms with Crippen LogP contribution in [-0.4, -0.2) is 30.8 Å². The fourth-order valence-electron chi connectivity index (χ4n) is 3.71. The molecule has 0 saturated heterocycles. The van der Waals surface area contributed by atoms with Gasteiger partial charge in [0.2, 0.25) is 5.95 Å². The minimum absolute atomic E-state index is 0.0582.